The van der Waals surface area contributed by atoms with Crippen molar-refractivity contribution in [3.05, 3.63) is 24.5 Å². The van der Waals surface area contributed by atoms with Crippen LogP contribution in [-0.2, 0) is 0 Å². The molecule has 2 aromatic rings. The minimum atomic E-state index is 0.542. The summed E-state index contributed by atoms with van der Waals surface area (Å²) < 4.78 is 5.09. The third kappa shape index (κ3) is 1.84. The molecule has 5 nitrogen and oxygen atoms in total. The zero-order valence-corrected chi connectivity index (χ0v) is 9.47. The molecule has 5 heteroatoms. The van der Waals surface area contributed by atoms with Crippen LogP contribution >= 0.6 is 0 Å². The van der Waals surface area contributed by atoms with Crippen LogP contribution in [0.4, 0.5) is 11.5 Å². The van der Waals surface area contributed by atoms with Crippen LogP contribution in [0.15, 0.2) is 29.0 Å². The van der Waals surface area contributed by atoms with Crippen molar-refractivity contribution < 1.29 is 4.52 Å². The third-order valence-corrected chi connectivity index (χ3v) is 3.04. The van der Waals surface area contributed by atoms with Gasteiger partial charge in [-0.1, -0.05) is 5.16 Å². The number of nitrogen functional groups attached to an aromatic ring is 1. The first kappa shape index (κ1) is 10.1. The Balaban J connectivity index is 1.87. The molecular formula is C12H14N4O. The highest BCUT2D eigenvalue weighted by molar-refractivity contribution is 5.69. The Labute approximate surface area is 99.2 Å². The molecule has 2 N–H and O–H groups in total. The maximum atomic E-state index is 5.74. The van der Waals surface area contributed by atoms with Crippen molar-refractivity contribution in [1.29, 1.82) is 0 Å². The summed E-state index contributed by atoms with van der Waals surface area (Å²) in [7, 11) is 0. The highest BCUT2D eigenvalue weighted by atomic mass is 16.5. The first-order chi connectivity index (χ1) is 8.34. The van der Waals surface area contributed by atoms with E-state index in [9.17, 15) is 0 Å². The molecule has 0 saturated carbocycles. The molecule has 0 unspecified atom stereocenters. The van der Waals surface area contributed by atoms with Gasteiger partial charge in [0.15, 0.2) is 5.76 Å². The maximum absolute atomic E-state index is 5.74. The molecule has 88 valence electrons. The van der Waals surface area contributed by atoms with Crippen molar-refractivity contribution in [2.75, 3.05) is 23.7 Å². The number of rotatable bonds is 2. The van der Waals surface area contributed by atoms with E-state index in [1.165, 1.54) is 19.0 Å². The summed E-state index contributed by atoms with van der Waals surface area (Å²) in [6.45, 7) is 2.19. The van der Waals surface area contributed by atoms with Gasteiger partial charge in [-0.15, -0.1) is 0 Å². The first-order valence-electron chi connectivity index (χ1n) is 5.76. The summed E-state index contributed by atoms with van der Waals surface area (Å²) in [5, 5.41) is 3.66. The van der Waals surface area contributed by atoms with Crippen molar-refractivity contribution >= 4 is 11.5 Å². The Kier molecular flexibility index (Phi) is 2.44. The topological polar surface area (TPSA) is 68.2 Å². The Hall–Kier alpha value is -2.04. The Bertz CT molecular complexity index is 499. The van der Waals surface area contributed by atoms with Crippen LogP contribution in [0, 0.1) is 0 Å². The minimum Gasteiger partial charge on any atom is -0.394 e. The fraction of sp³-hybridized carbons (Fsp3) is 0.333. The zero-order chi connectivity index (χ0) is 11.7. The monoisotopic (exact) mass is 230 g/mol. The number of pyridine rings is 1. The number of nitrogens with two attached hydrogens (primary N) is 1. The molecule has 0 radical (unpaired) electrons. The standard InChI is InChI=1S/C12H14N4O/c13-10-8-15-17-12(10)9-3-4-11(14-7-9)16-5-1-2-6-16/h3-4,7-8H,1-2,5-6,13H2. The largest absolute Gasteiger partial charge is 0.394 e. The molecule has 0 amide bonds. The lowest BCUT2D eigenvalue weighted by Gasteiger charge is -2.15. The van der Waals surface area contributed by atoms with Crippen LogP contribution < -0.4 is 10.6 Å². The molecule has 1 fully saturated rings. The van der Waals surface area contributed by atoms with E-state index in [2.05, 4.69) is 15.0 Å². The van der Waals surface area contributed by atoms with Gasteiger partial charge in [-0.2, -0.15) is 0 Å². The van der Waals surface area contributed by atoms with Crippen LogP contribution in [0.2, 0.25) is 0 Å². The van der Waals surface area contributed by atoms with Gasteiger partial charge in [0.1, 0.15) is 11.5 Å². The normalized spacial score (nSPS) is 15.4. The first-order valence-corrected chi connectivity index (χ1v) is 5.76. The van der Waals surface area contributed by atoms with Gasteiger partial charge in [0.25, 0.3) is 0 Å². The van der Waals surface area contributed by atoms with Gasteiger partial charge in [0.2, 0.25) is 0 Å². The lowest BCUT2D eigenvalue weighted by molar-refractivity contribution is 0.432. The molecule has 3 heterocycles. The van der Waals surface area contributed by atoms with Gasteiger partial charge in [-0.3, -0.25) is 0 Å². The average molecular weight is 230 g/mol. The third-order valence-electron chi connectivity index (χ3n) is 3.04. The Morgan fingerprint density at radius 1 is 1.18 bits per heavy atom. The van der Waals surface area contributed by atoms with Crippen molar-refractivity contribution in [2.24, 2.45) is 0 Å². The summed E-state index contributed by atoms with van der Waals surface area (Å²) in [4.78, 5) is 6.73. The fourth-order valence-electron chi connectivity index (χ4n) is 2.12. The maximum Gasteiger partial charge on any atom is 0.191 e. The predicted molar refractivity (Wildman–Crippen MR) is 65.6 cm³/mol. The number of hydrogen-bond donors (Lipinski definition) is 1. The van der Waals surface area contributed by atoms with E-state index >= 15 is 0 Å². The van der Waals surface area contributed by atoms with E-state index < -0.39 is 0 Å². The molecule has 1 aliphatic heterocycles. The van der Waals surface area contributed by atoms with Crippen molar-refractivity contribution in [3.63, 3.8) is 0 Å². The second-order valence-corrected chi connectivity index (χ2v) is 4.21. The second-order valence-electron chi connectivity index (χ2n) is 4.21. The zero-order valence-electron chi connectivity index (χ0n) is 9.47. The fourth-order valence-corrected chi connectivity index (χ4v) is 2.12. The molecule has 1 saturated heterocycles. The van der Waals surface area contributed by atoms with E-state index in [1.807, 2.05) is 12.1 Å². The Morgan fingerprint density at radius 3 is 2.59 bits per heavy atom. The van der Waals surface area contributed by atoms with E-state index in [1.54, 1.807) is 6.20 Å². The van der Waals surface area contributed by atoms with Gasteiger partial charge < -0.3 is 15.2 Å². The van der Waals surface area contributed by atoms with Crippen LogP contribution in [0.3, 0.4) is 0 Å². The van der Waals surface area contributed by atoms with Crippen molar-refractivity contribution in [3.8, 4) is 11.3 Å². The van der Waals surface area contributed by atoms with Gasteiger partial charge in [-0.05, 0) is 25.0 Å². The van der Waals surface area contributed by atoms with E-state index in [4.69, 9.17) is 10.3 Å². The van der Waals surface area contributed by atoms with E-state index in [0.717, 1.165) is 24.5 Å². The quantitative estimate of drug-likeness (QED) is 0.853. The summed E-state index contributed by atoms with van der Waals surface area (Å²) in [6.07, 6.45) is 5.78. The lowest BCUT2D eigenvalue weighted by Crippen LogP contribution is -2.18. The number of anilines is 2. The highest BCUT2D eigenvalue weighted by Crippen LogP contribution is 2.26. The van der Waals surface area contributed by atoms with Crippen molar-refractivity contribution in [2.45, 2.75) is 12.8 Å². The molecular weight excluding hydrogens is 216 g/mol. The molecule has 17 heavy (non-hydrogen) atoms. The molecule has 0 bridgehead atoms. The summed E-state index contributed by atoms with van der Waals surface area (Å²) >= 11 is 0. The summed E-state index contributed by atoms with van der Waals surface area (Å²) in [5.74, 6) is 1.61. The lowest BCUT2D eigenvalue weighted by atomic mass is 10.2. The molecule has 3 rings (SSSR count). The van der Waals surface area contributed by atoms with E-state index in [-0.39, 0.29) is 0 Å². The summed E-state index contributed by atoms with van der Waals surface area (Å²) in [5.41, 5.74) is 7.14. The smallest absolute Gasteiger partial charge is 0.191 e. The average Bonchev–Trinajstić information content (AvgIpc) is 3.00. The molecule has 2 aromatic heterocycles. The number of hydrogen-bond acceptors (Lipinski definition) is 5. The van der Waals surface area contributed by atoms with E-state index in [0.29, 0.717) is 11.4 Å². The SMILES string of the molecule is Nc1cnoc1-c1ccc(N2CCCC2)nc1. The molecule has 0 aromatic carbocycles. The van der Waals surface area contributed by atoms with Gasteiger partial charge in [-0.25, -0.2) is 4.98 Å². The Morgan fingerprint density at radius 2 is 2.00 bits per heavy atom. The van der Waals surface area contributed by atoms with Gasteiger partial charge >= 0.3 is 0 Å². The van der Waals surface area contributed by atoms with Crippen molar-refractivity contribution in [1.82, 2.24) is 10.1 Å². The number of aromatic nitrogens is 2. The molecule has 0 spiro atoms. The molecule has 1 aliphatic rings. The second kappa shape index (κ2) is 4.08. The van der Waals surface area contributed by atoms with Crippen LogP contribution in [-0.4, -0.2) is 23.2 Å². The summed E-state index contributed by atoms with van der Waals surface area (Å²) in [6, 6.07) is 3.97. The molecule has 0 aliphatic carbocycles. The van der Waals surface area contributed by atoms with Crippen LogP contribution in [0.5, 0.6) is 0 Å². The van der Waals surface area contributed by atoms with Crippen LogP contribution in [0.1, 0.15) is 12.8 Å². The van der Waals surface area contributed by atoms with Gasteiger partial charge in [0.05, 0.1) is 6.20 Å². The predicted octanol–water partition coefficient (Wildman–Crippen LogP) is 1.92. The highest BCUT2D eigenvalue weighted by Gasteiger charge is 2.14. The molecule has 0 atom stereocenters. The van der Waals surface area contributed by atoms with Gasteiger partial charge in [0, 0.05) is 24.8 Å². The minimum absolute atomic E-state index is 0.542. The number of nitrogens with zero attached hydrogens (tertiary/aromatic N) is 3. The van der Waals surface area contributed by atoms with Crippen LogP contribution in [0.25, 0.3) is 11.3 Å².